The highest BCUT2D eigenvalue weighted by atomic mass is 16.5. The molecule has 0 bridgehead atoms. The van der Waals surface area contributed by atoms with E-state index in [4.69, 9.17) is 4.74 Å². The van der Waals surface area contributed by atoms with Gasteiger partial charge in [0.25, 0.3) is 0 Å². The largest absolute Gasteiger partial charge is 0.370 e. The van der Waals surface area contributed by atoms with Gasteiger partial charge >= 0.3 is 0 Å². The molecule has 0 saturated carbocycles. The second kappa shape index (κ2) is 7.45. The number of carbonyl (C=O) groups is 1. The maximum atomic E-state index is 12.7. The molecule has 2 fully saturated rings. The number of ether oxygens (including phenoxy) is 1. The number of carbonyl (C=O) groups excluding carboxylic acids is 1. The Morgan fingerprint density at radius 3 is 2.96 bits per heavy atom. The number of hydrogen-bond acceptors (Lipinski definition) is 3. The summed E-state index contributed by atoms with van der Waals surface area (Å²) >= 11 is 0. The minimum atomic E-state index is 0.00416. The number of benzene rings is 1. The molecule has 2 aliphatic heterocycles. The van der Waals surface area contributed by atoms with E-state index < -0.39 is 0 Å². The molecule has 1 aromatic rings. The quantitative estimate of drug-likeness (QED) is 0.928. The lowest BCUT2D eigenvalue weighted by Gasteiger charge is -2.39. The van der Waals surface area contributed by atoms with Crippen molar-refractivity contribution >= 4 is 5.91 Å². The fourth-order valence-corrected chi connectivity index (χ4v) is 3.67. The average molecular weight is 316 g/mol. The first-order valence-corrected chi connectivity index (χ1v) is 8.82. The van der Waals surface area contributed by atoms with Crippen LogP contribution in [0.25, 0.3) is 0 Å². The summed E-state index contributed by atoms with van der Waals surface area (Å²) in [6.45, 7) is 7.66. The number of amides is 1. The van der Waals surface area contributed by atoms with E-state index in [1.807, 2.05) is 17.0 Å². The van der Waals surface area contributed by atoms with Crippen molar-refractivity contribution in [1.29, 1.82) is 0 Å². The van der Waals surface area contributed by atoms with Crippen molar-refractivity contribution in [3.05, 3.63) is 35.4 Å². The zero-order chi connectivity index (χ0) is 16.2. The van der Waals surface area contributed by atoms with E-state index >= 15 is 0 Å². The maximum absolute atomic E-state index is 12.7. The molecule has 3 atom stereocenters. The van der Waals surface area contributed by atoms with Crippen LogP contribution in [0.1, 0.15) is 43.4 Å². The summed E-state index contributed by atoms with van der Waals surface area (Å²) in [7, 11) is 0. The van der Waals surface area contributed by atoms with Crippen LogP contribution in [0.3, 0.4) is 0 Å². The molecular formula is C19H28N2O2. The van der Waals surface area contributed by atoms with E-state index in [0.717, 1.165) is 19.5 Å². The van der Waals surface area contributed by atoms with Crippen LogP contribution < -0.4 is 5.32 Å². The molecule has 2 heterocycles. The predicted molar refractivity (Wildman–Crippen MR) is 91.3 cm³/mol. The summed E-state index contributed by atoms with van der Waals surface area (Å²) in [4.78, 5) is 14.7. The molecule has 1 amide bonds. The first-order valence-electron chi connectivity index (χ1n) is 8.82. The number of hydrogen-bond donors (Lipinski definition) is 1. The number of aryl methyl sites for hydroxylation is 1. The second-order valence-electron chi connectivity index (χ2n) is 6.97. The van der Waals surface area contributed by atoms with Gasteiger partial charge in [0.2, 0.25) is 5.91 Å². The molecule has 23 heavy (non-hydrogen) atoms. The molecule has 0 aromatic heterocycles. The first-order chi connectivity index (χ1) is 11.1. The molecule has 1 aromatic carbocycles. The van der Waals surface area contributed by atoms with E-state index in [1.165, 1.54) is 17.5 Å². The van der Waals surface area contributed by atoms with Crippen LogP contribution in [0, 0.1) is 12.8 Å². The SMILES string of the molecule is Cc1ccccc1C1CN(C(=O)CCC2CCNC2)C(C)CO1. The lowest BCUT2D eigenvalue weighted by molar-refractivity contribution is -0.144. The fraction of sp³-hybridized carbons (Fsp3) is 0.632. The van der Waals surface area contributed by atoms with Crippen molar-refractivity contribution in [2.45, 2.75) is 45.3 Å². The van der Waals surface area contributed by atoms with Crippen molar-refractivity contribution in [2.24, 2.45) is 5.92 Å². The van der Waals surface area contributed by atoms with Gasteiger partial charge in [-0.1, -0.05) is 24.3 Å². The van der Waals surface area contributed by atoms with Crippen molar-refractivity contribution in [3.63, 3.8) is 0 Å². The number of nitrogens with one attached hydrogen (secondary N) is 1. The molecule has 2 aliphatic rings. The Labute approximate surface area is 139 Å². The van der Waals surface area contributed by atoms with E-state index in [9.17, 15) is 4.79 Å². The second-order valence-corrected chi connectivity index (χ2v) is 6.97. The highest BCUT2D eigenvalue weighted by Gasteiger charge is 2.31. The van der Waals surface area contributed by atoms with Crippen molar-refractivity contribution in [2.75, 3.05) is 26.2 Å². The molecule has 1 N–H and O–H groups in total. The molecule has 3 rings (SSSR count). The molecule has 4 heteroatoms. The number of rotatable bonds is 4. The lowest BCUT2D eigenvalue weighted by Crippen LogP contribution is -2.48. The Bertz CT molecular complexity index is 540. The normalized spacial score (nSPS) is 28.1. The van der Waals surface area contributed by atoms with Gasteiger partial charge in [-0.05, 0) is 56.8 Å². The zero-order valence-corrected chi connectivity index (χ0v) is 14.3. The first kappa shape index (κ1) is 16.5. The van der Waals surface area contributed by atoms with Crippen LogP contribution in [0.4, 0.5) is 0 Å². The fourth-order valence-electron chi connectivity index (χ4n) is 3.67. The van der Waals surface area contributed by atoms with Crippen LogP contribution in [0.2, 0.25) is 0 Å². The minimum Gasteiger partial charge on any atom is -0.370 e. The van der Waals surface area contributed by atoms with Crippen LogP contribution in [0.5, 0.6) is 0 Å². The van der Waals surface area contributed by atoms with Gasteiger partial charge in [-0.2, -0.15) is 0 Å². The molecule has 3 unspecified atom stereocenters. The lowest BCUT2D eigenvalue weighted by atomic mass is 9.99. The molecule has 4 nitrogen and oxygen atoms in total. The maximum Gasteiger partial charge on any atom is 0.222 e. The van der Waals surface area contributed by atoms with Gasteiger partial charge in [0.15, 0.2) is 0 Å². The van der Waals surface area contributed by atoms with Gasteiger partial charge in [0.1, 0.15) is 6.10 Å². The van der Waals surface area contributed by atoms with Crippen LogP contribution in [-0.4, -0.2) is 43.1 Å². The summed E-state index contributed by atoms with van der Waals surface area (Å²) in [5.41, 5.74) is 2.44. The Morgan fingerprint density at radius 1 is 1.39 bits per heavy atom. The standard InChI is InChI=1S/C19H28N2O2/c1-14-5-3-4-6-17(14)18-12-21(15(2)13-23-18)19(22)8-7-16-9-10-20-11-16/h3-6,15-16,18,20H,7-13H2,1-2H3. The highest BCUT2D eigenvalue weighted by Crippen LogP contribution is 2.28. The van der Waals surface area contributed by atoms with Gasteiger partial charge < -0.3 is 15.0 Å². The Hall–Kier alpha value is -1.39. The third-order valence-corrected chi connectivity index (χ3v) is 5.22. The molecule has 126 valence electrons. The molecular weight excluding hydrogens is 288 g/mol. The van der Waals surface area contributed by atoms with Crippen molar-refractivity contribution < 1.29 is 9.53 Å². The van der Waals surface area contributed by atoms with Crippen molar-refractivity contribution in [3.8, 4) is 0 Å². The van der Waals surface area contributed by atoms with E-state index in [2.05, 4.69) is 31.3 Å². The topological polar surface area (TPSA) is 41.6 Å². The molecule has 2 saturated heterocycles. The zero-order valence-electron chi connectivity index (χ0n) is 14.3. The molecule has 0 aliphatic carbocycles. The van der Waals surface area contributed by atoms with Gasteiger partial charge in [-0.3, -0.25) is 4.79 Å². The monoisotopic (exact) mass is 316 g/mol. The summed E-state index contributed by atoms with van der Waals surface area (Å²) in [6.07, 6.45) is 2.88. The summed E-state index contributed by atoms with van der Waals surface area (Å²) in [6, 6.07) is 8.48. The minimum absolute atomic E-state index is 0.00416. The van der Waals surface area contributed by atoms with Crippen molar-refractivity contribution in [1.82, 2.24) is 10.2 Å². The Balaban J connectivity index is 1.61. The summed E-state index contributed by atoms with van der Waals surface area (Å²) in [5, 5.41) is 3.37. The third-order valence-electron chi connectivity index (χ3n) is 5.22. The van der Waals surface area contributed by atoms with E-state index in [0.29, 0.717) is 25.5 Å². The molecule has 0 radical (unpaired) electrons. The highest BCUT2D eigenvalue weighted by molar-refractivity contribution is 5.76. The van der Waals surface area contributed by atoms with Crippen LogP contribution in [-0.2, 0) is 9.53 Å². The predicted octanol–water partition coefficient (Wildman–Crippen LogP) is 2.67. The Kier molecular flexibility index (Phi) is 5.34. The van der Waals surface area contributed by atoms with Gasteiger partial charge in [-0.15, -0.1) is 0 Å². The Morgan fingerprint density at radius 2 is 2.22 bits per heavy atom. The van der Waals surface area contributed by atoms with Gasteiger partial charge in [0, 0.05) is 6.42 Å². The smallest absolute Gasteiger partial charge is 0.222 e. The number of morpholine rings is 1. The van der Waals surface area contributed by atoms with Crippen LogP contribution in [0.15, 0.2) is 24.3 Å². The van der Waals surface area contributed by atoms with Gasteiger partial charge in [0.05, 0.1) is 19.2 Å². The average Bonchev–Trinajstić information content (AvgIpc) is 3.07. The third kappa shape index (κ3) is 3.93. The van der Waals surface area contributed by atoms with E-state index in [-0.39, 0.29) is 18.1 Å². The van der Waals surface area contributed by atoms with Gasteiger partial charge in [-0.25, -0.2) is 0 Å². The molecule has 0 spiro atoms. The van der Waals surface area contributed by atoms with E-state index in [1.54, 1.807) is 0 Å². The number of nitrogens with zero attached hydrogens (tertiary/aromatic N) is 1. The van der Waals surface area contributed by atoms with Crippen LogP contribution >= 0.6 is 0 Å². The summed E-state index contributed by atoms with van der Waals surface area (Å²) in [5.74, 6) is 0.953. The summed E-state index contributed by atoms with van der Waals surface area (Å²) < 4.78 is 6.01.